The zero-order valence-corrected chi connectivity index (χ0v) is 12.5. The van der Waals surface area contributed by atoms with Crippen LogP contribution in [0.25, 0.3) is 0 Å². The molecule has 0 aliphatic heterocycles. The zero-order chi connectivity index (χ0) is 12.4. The van der Waals surface area contributed by atoms with Gasteiger partial charge in [-0.05, 0) is 58.0 Å². The average Bonchev–Trinajstić information content (AvgIpc) is 2.33. The number of hydrogen-bond acceptors (Lipinski definition) is 1. The van der Waals surface area contributed by atoms with Crippen molar-refractivity contribution in [3.63, 3.8) is 0 Å². The summed E-state index contributed by atoms with van der Waals surface area (Å²) in [6.45, 7) is 0. The van der Waals surface area contributed by atoms with E-state index in [2.05, 4.69) is 22.6 Å². The summed E-state index contributed by atoms with van der Waals surface area (Å²) in [6, 6.07) is 13.4. The molecule has 0 radical (unpaired) electrons. The summed E-state index contributed by atoms with van der Waals surface area (Å²) < 4.78 is 1.19. The Bertz CT molecular complexity index is 525. The first-order chi connectivity index (χ1) is 8.08. The molecule has 2 aromatic carbocycles. The molecule has 0 heterocycles. The Kier molecular flexibility index (Phi) is 4.31. The molecule has 0 bridgehead atoms. The standard InChI is InChI=1S/C13H10Cl2IN/c14-11-6-3-9(7-12(11)15)13(17)8-1-4-10(16)5-2-8/h1-7,13H,17H2. The van der Waals surface area contributed by atoms with Gasteiger partial charge in [0.15, 0.2) is 0 Å². The fourth-order valence-corrected chi connectivity index (χ4v) is 2.23. The molecular weight excluding hydrogens is 368 g/mol. The van der Waals surface area contributed by atoms with Gasteiger partial charge in [0.1, 0.15) is 0 Å². The van der Waals surface area contributed by atoms with Crippen LogP contribution in [0.1, 0.15) is 17.2 Å². The van der Waals surface area contributed by atoms with Crippen molar-refractivity contribution in [3.8, 4) is 0 Å². The van der Waals surface area contributed by atoms with E-state index in [1.807, 2.05) is 36.4 Å². The van der Waals surface area contributed by atoms with Crippen molar-refractivity contribution in [2.24, 2.45) is 5.73 Å². The van der Waals surface area contributed by atoms with Crippen LogP contribution in [0.5, 0.6) is 0 Å². The molecule has 1 unspecified atom stereocenters. The molecule has 0 saturated heterocycles. The van der Waals surface area contributed by atoms with Crippen LogP contribution < -0.4 is 5.73 Å². The first-order valence-corrected chi connectivity index (χ1v) is 6.87. The van der Waals surface area contributed by atoms with Gasteiger partial charge in [0.2, 0.25) is 0 Å². The van der Waals surface area contributed by atoms with Crippen molar-refractivity contribution in [2.75, 3.05) is 0 Å². The summed E-state index contributed by atoms with van der Waals surface area (Å²) in [4.78, 5) is 0. The molecular formula is C13H10Cl2IN. The van der Waals surface area contributed by atoms with E-state index >= 15 is 0 Å². The van der Waals surface area contributed by atoms with Gasteiger partial charge in [0.25, 0.3) is 0 Å². The van der Waals surface area contributed by atoms with Gasteiger partial charge in [-0.3, -0.25) is 0 Å². The maximum Gasteiger partial charge on any atom is 0.0595 e. The first kappa shape index (κ1) is 13.1. The topological polar surface area (TPSA) is 26.0 Å². The predicted octanol–water partition coefficient (Wildman–Crippen LogP) is 4.65. The molecule has 17 heavy (non-hydrogen) atoms. The summed E-state index contributed by atoms with van der Waals surface area (Å²) in [7, 11) is 0. The van der Waals surface area contributed by atoms with Crippen molar-refractivity contribution in [1.82, 2.24) is 0 Å². The molecule has 0 fully saturated rings. The van der Waals surface area contributed by atoms with E-state index in [0.29, 0.717) is 10.0 Å². The quantitative estimate of drug-likeness (QED) is 0.757. The van der Waals surface area contributed by atoms with Gasteiger partial charge in [0.05, 0.1) is 16.1 Å². The van der Waals surface area contributed by atoms with Crippen LogP contribution in [0.3, 0.4) is 0 Å². The Hall–Kier alpha value is -0.290. The Labute approximate surface area is 124 Å². The third-order valence-electron chi connectivity index (χ3n) is 2.53. The lowest BCUT2D eigenvalue weighted by atomic mass is 10.00. The normalized spacial score (nSPS) is 12.5. The van der Waals surface area contributed by atoms with Gasteiger partial charge in [-0.1, -0.05) is 41.4 Å². The molecule has 0 aliphatic rings. The van der Waals surface area contributed by atoms with Crippen molar-refractivity contribution in [1.29, 1.82) is 0 Å². The summed E-state index contributed by atoms with van der Waals surface area (Å²) >= 11 is 14.1. The van der Waals surface area contributed by atoms with Crippen molar-refractivity contribution < 1.29 is 0 Å². The van der Waals surface area contributed by atoms with E-state index in [0.717, 1.165) is 11.1 Å². The Balaban J connectivity index is 2.33. The van der Waals surface area contributed by atoms with Crippen LogP contribution in [0, 0.1) is 3.57 Å². The molecule has 88 valence electrons. The summed E-state index contributed by atoms with van der Waals surface area (Å²) in [6.07, 6.45) is 0. The van der Waals surface area contributed by atoms with E-state index in [1.165, 1.54) is 3.57 Å². The van der Waals surface area contributed by atoms with Gasteiger partial charge >= 0.3 is 0 Å². The molecule has 0 spiro atoms. The largest absolute Gasteiger partial charge is 0.320 e. The number of hydrogen-bond donors (Lipinski definition) is 1. The van der Waals surface area contributed by atoms with Crippen molar-refractivity contribution in [2.45, 2.75) is 6.04 Å². The highest BCUT2D eigenvalue weighted by molar-refractivity contribution is 14.1. The third kappa shape index (κ3) is 3.13. The Morgan fingerprint density at radius 1 is 0.882 bits per heavy atom. The molecule has 2 rings (SSSR count). The van der Waals surface area contributed by atoms with Crippen molar-refractivity contribution >= 4 is 45.8 Å². The fraction of sp³-hybridized carbons (Fsp3) is 0.0769. The van der Waals surface area contributed by atoms with Crippen LogP contribution in [0.4, 0.5) is 0 Å². The molecule has 0 amide bonds. The van der Waals surface area contributed by atoms with Gasteiger partial charge in [0, 0.05) is 3.57 Å². The van der Waals surface area contributed by atoms with Crippen molar-refractivity contribution in [3.05, 3.63) is 67.2 Å². The highest BCUT2D eigenvalue weighted by atomic mass is 127. The summed E-state index contributed by atoms with van der Waals surface area (Å²) in [5.74, 6) is 0. The van der Waals surface area contributed by atoms with Crippen LogP contribution in [0.15, 0.2) is 42.5 Å². The second-order valence-corrected chi connectivity index (χ2v) is 5.76. The number of nitrogens with two attached hydrogens (primary N) is 1. The van der Waals surface area contributed by atoms with Crippen LogP contribution >= 0.6 is 45.8 Å². The lowest BCUT2D eigenvalue weighted by molar-refractivity contribution is 0.871. The maximum absolute atomic E-state index is 6.18. The third-order valence-corrected chi connectivity index (χ3v) is 3.99. The zero-order valence-electron chi connectivity index (χ0n) is 8.83. The second-order valence-electron chi connectivity index (χ2n) is 3.70. The van der Waals surface area contributed by atoms with Gasteiger partial charge in [-0.25, -0.2) is 0 Å². The van der Waals surface area contributed by atoms with Crippen LogP contribution in [-0.2, 0) is 0 Å². The maximum atomic E-state index is 6.18. The smallest absolute Gasteiger partial charge is 0.0595 e. The second kappa shape index (κ2) is 5.57. The van der Waals surface area contributed by atoms with Gasteiger partial charge in [-0.15, -0.1) is 0 Å². The molecule has 1 atom stereocenters. The van der Waals surface area contributed by atoms with E-state index in [1.54, 1.807) is 6.07 Å². The SMILES string of the molecule is NC(c1ccc(I)cc1)c1ccc(Cl)c(Cl)c1. The molecule has 0 aromatic heterocycles. The minimum atomic E-state index is -0.179. The number of benzene rings is 2. The highest BCUT2D eigenvalue weighted by Crippen LogP contribution is 2.27. The first-order valence-electron chi connectivity index (χ1n) is 5.04. The highest BCUT2D eigenvalue weighted by Gasteiger charge is 2.10. The van der Waals surface area contributed by atoms with E-state index in [4.69, 9.17) is 28.9 Å². The molecule has 4 heteroatoms. The monoisotopic (exact) mass is 377 g/mol. The number of halogens is 3. The van der Waals surface area contributed by atoms with Crippen LogP contribution in [0.2, 0.25) is 10.0 Å². The molecule has 0 aliphatic carbocycles. The predicted molar refractivity (Wildman–Crippen MR) is 81.7 cm³/mol. The number of rotatable bonds is 2. The minimum absolute atomic E-state index is 0.179. The van der Waals surface area contributed by atoms with Gasteiger partial charge in [-0.2, -0.15) is 0 Å². The average molecular weight is 378 g/mol. The van der Waals surface area contributed by atoms with Gasteiger partial charge < -0.3 is 5.73 Å². The van der Waals surface area contributed by atoms with E-state index in [-0.39, 0.29) is 6.04 Å². The lowest BCUT2D eigenvalue weighted by Gasteiger charge is -2.13. The van der Waals surface area contributed by atoms with E-state index in [9.17, 15) is 0 Å². The summed E-state index contributed by atoms with van der Waals surface area (Å²) in [5, 5.41) is 1.08. The molecule has 1 nitrogen and oxygen atoms in total. The molecule has 0 saturated carbocycles. The minimum Gasteiger partial charge on any atom is -0.320 e. The molecule has 2 aromatic rings. The fourth-order valence-electron chi connectivity index (χ4n) is 1.57. The summed E-state index contributed by atoms with van der Waals surface area (Å²) in [5.41, 5.74) is 8.20. The molecule has 2 N–H and O–H groups in total. The van der Waals surface area contributed by atoms with Crippen LogP contribution in [-0.4, -0.2) is 0 Å². The Morgan fingerprint density at radius 3 is 2.06 bits per heavy atom. The van der Waals surface area contributed by atoms with E-state index < -0.39 is 0 Å². The lowest BCUT2D eigenvalue weighted by Crippen LogP contribution is -2.11. The Morgan fingerprint density at radius 2 is 1.47 bits per heavy atom.